The van der Waals surface area contributed by atoms with Crippen LogP contribution in [-0.2, 0) is 6.42 Å². The van der Waals surface area contributed by atoms with E-state index in [1.807, 2.05) is 12.1 Å². The molecule has 1 heterocycles. The Bertz CT molecular complexity index is 338. The molecule has 1 aromatic carbocycles. The lowest BCUT2D eigenvalue weighted by atomic mass is 9.91. The molecule has 1 fully saturated rings. The minimum absolute atomic E-state index is 0. The van der Waals surface area contributed by atoms with E-state index in [-0.39, 0.29) is 12.4 Å². The van der Waals surface area contributed by atoms with Crippen molar-refractivity contribution in [2.45, 2.75) is 19.3 Å². The summed E-state index contributed by atoms with van der Waals surface area (Å²) < 4.78 is 1.19. The summed E-state index contributed by atoms with van der Waals surface area (Å²) in [7, 11) is 0. The molecule has 1 nitrogen and oxygen atoms in total. The van der Waals surface area contributed by atoms with Crippen LogP contribution in [0.5, 0.6) is 0 Å². The first kappa shape index (κ1) is 14.3. The molecule has 1 saturated heterocycles. The van der Waals surface area contributed by atoms with Crippen molar-refractivity contribution < 1.29 is 0 Å². The maximum absolute atomic E-state index is 6.00. The molecule has 0 aromatic heterocycles. The molecule has 1 aliphatic heterocycles. The van der Waals surface area contributed by atoms with Crippen molar-refractivity contribution in [2.75, 3.05) is 13.1 Å². The van der Waals surface area contributed by atoms with Gasteiger partial charge in [0.1, 0.15) is 0 Å². The standard InChI is InChI=1S/C12H15BrClN.ClH/c13-12-2-1-11(14)8-10(12)7-9-3-5-15-6-4-9;/h1-2,8-9,15H,3-7H2;1H. The van der Waals surface area contributed by atoms with E-state index in [4.69, 9.17) is 11.6 Å². The van der Waals surface area contributed by atoms with Gasteiger partial charge in [-0.25, -0.2) is 0 Å². The van der Waals surface area contributed by atoms with Crippen molar-refractivity contribution in [1.29, 1.82) is 0 Å². The molecule has 0 bridgehead atoms. The zero-order valence-corrected chi connectivity index (χ0v) is 12.2. The average Bonchev–Trinajstić information content (AvgIpc) is 2.25. The molecule has 1 N–H and O–H groups in total. The molecule has 0 aliphatic carbocycles. The van der Waals surface area contributed by atoms with E-state index in [9.17, 15) is 0 Å². The Morgan fingerprint density at radius 3 is 2.69 bits per heavy atom. The third-order valence-electron chi connectivity index (χ3n) is 2.98. The number of piperidine rings is 1. The summed E-state index contributed by atoms with van der Waals surface area (Å²) in [6.45, 7) is 2.31. The van der Waals surface area contributed by atoms with Crippen LogP contribution in [0, 0.1) is 5.92 Å². The highest BCUT2D eigenvalue weighted by Crippen LogP contribution is 2.26. The maximum Gasteiger partial charge on any atom is 0.0409 e. The van der Waals surface area contributed by atoms with Gasteiger partial charge in [-0.05, 0) is 62.0 Å². The predicted octanol–water partition coefficient (Wildman–Crippen LogP) is 4.07. The normalized spacial score (nSPS) is 16.9. The van der Waals surface area contributed by atoms with Gasteiger partial charge in [-0.15, -0.1) is 12.4 Å². The Morgan fingerprint density at radius 1 is 1.31 bits per heavy atom. The van der Waals surface area contributed by atoms with Gasteiger partial charge in [-0.2, -0.15) is 0 Å². The van der Waals surface area contributed by atoms with Crippen LogP contribution in [0.25, 0.3) is 0 Å². The van der Waals surface area contributed by atoms with Crippen LogP contribution in [0.1, 0.15) is 18.4 Å². The Labute approximate surface area is 116 Å². The molecule has 0 radical (unpaired) electrons. The quantitative estimate of drug-likeness (QED) is 0.864. The lowest BCUT2D eigenvalue weighted by Crippen LogP contribution is -2.28. The van der Waals surface area contributed by atoms with Crippen molar-refractivity contribution in [3.63, 3.8) is 0 Å². The average molecular weight is 325 g/mol. The first-order valence-electron chi connectivity index (χ1n) is 5.40. The number of benzene rings is 1. The third kappa shape index (κ3) is 3.92. The van der Waals surface area contributed by atoms with Crippen LogP contribution in [0.3, 0.4) is 0 Å². The topological polar surface area (TPSA) is 12.0 Å². The number of hydrogen-bond donors (Lipinski definition) is 1. The second kappa shape index (κ2) is 6.85. The molecular formula is C12H16BrCl2N. The predicted molar refractivity (Wildman–Crippen MR) is 75.7 cm³/mol. The SMILES string of the molecule is Cl.Clc1ccc(Br)c(CC2CCNCC2)c1. The number of rotatable bonds is 2. The fourth-order valence-corrected chi connectivity index (χ4v) is 2.70. The molecule has 1 aliphatic rings. The fraction of sp³-hybridized carbons (Fsp3) is 0.500. The molecule has 0 amide bonds. The minimum atomic E-state index is 0. The van der Waals surface area contributed by atoms with Crippen molar-refractivity contribution >= 4 is 39.9 Å². The van der Waals surface area contributed by atoms with Gasteiger partial charge < -0.3 is 5.32 Å². The second-order valence-electron chi connectivity index (χ2n) is 4.13. The molecule has 0 unspecified atom stereocenters. The largest absolute Gasteiger partial charge is 0.317 e. The number of nitrogens with one attached hydrogen (secondary N) is 1. The monoisotopic (exact) mass is 323 g/mol. The van der Waals surface area contributed by atoms with E-state index in [0.717, 1.165) is 30.5 Å². The van der Waals surface area contributed by atoms with Crippen molar-refractivity contribution in [3.05, 3.63) is 33.3 Å². The van der Waals surface area contributed by atoms with Gasteiger partial charge in [0.05, 0.1) is 0 Å². The van der Waals surface area contributed by atoms with Crippen LogP contribution >= 0.6 is 39.9 Å². The second-order valence-corrected chi connectivity index (χ2v) is 5.42. The van der Waals surface area contributed by atoms with E-state index in [1.54, 1.807) is 0 Å². The van der Waals surface area contributed by atoms with Crippen molar-refractivity contribution in [1.82, 2.24) is 5.32 Å². The van der Waals surface area contributed by atoms with E-state index >= 15 is 0 Å². The van der Waals surface area contributed by atoms with Gasteiger partial charge in [0, 0.05) is 9.50 Å². The first-order chi connectivity index (χ1) is 7.25. The Balaban J connectivity index is 0.00000128. The summed E-state index contributed by atoms with van der Waals surface area (Å²) in [6.07, 6.45) is 3.70. The minimum Gasteiger partial charge on any atom is -0.317 e. The van der Waals surface area contributed by atoms with Crippen LogP contribution < -0.4 is 5.32 Å². The van der Waals surface area contributed by atoms with Gasteiger partial charge in [0.15, 0.2) is 0 Å². The Morgan fingerprint density at radius 2 is 2.00 bits per heavy atom. The van der Waals surface area contributed by atoms with E-state index < -0.39 is 0 Å². The molecule has 2 rings (SSSR count). The highest BCUT2D eigenvalue weighted by Gasteiger charge is 2.14. The van der Waals surface area contributed by atoms with Gasteiger partial charge >= 0.3 is 0 Å². The molecule has 90 valence electrons. The molecule has 0 spiro atoms. The fourth-order valence-electron chi connectivity index (χ4n) is 2.10. The maximum atomic E-state index is 6.00. The molecular weight excluding hydrogens is 309 g/mol. The van der Waals surface area contributed by atoms with Gasteiger partial charge in [-0.1, -0.05) is 27.5 Å². The highest BCUT2D eigenvalue weighted by molar-refractivity contribution is 9.10. The highest BCUT2D eigenvalue weighted by atomic mass is 79.9. The van der Waals surface area contributed by atoms with Crippen LogP contribution in [0.15, 0.2) is 22.7 Å². The van der Waals surface area contributed by atoms with Crippen molar-refractivity contribution in [2.24, 2.45) is 5.92 Å². The van der Waals surface area contributed by atoms with Crippen LogP contribution in [0.4, 0.5) is 0 Å². The van der Waals surface area contributed by atoms with Crippen LogP contribution in [-0.4, -0.2) is 13.1 Å². The van der Waals surface area contributed by atoms with Crippen LogP contribution in [0.2, 0.25) is 5.02 Å². The summed E-state index contributed by atoms with van der Waals surface area (Å²) in [5.41, 5.74) is 1.34. The molecule has 0 atom stereocenters. The summed E-state index contributed by atoms with van der Waals surface area (Å²) >= 11 is 9.58. The van der Waals surface area contributed by atoms with Gasteiger partial charge in [0.25, 0.3) is 0 Å². The lowest BCUT2D eigenvalue weighted by molar-refractivity contribution is 0.372. The summed E-state index contributed by atoms with van der Waals surface area (Å²) in [5, 5.41) is 4.22. The van der Waals surface area contributed by atoms with E-state index in [0.29, 0.717) is 0 Å². The molecule has 16 heavy (non-hydrogen) atoms. The zero-order valence-electron chi connectivity index (χ0n) is 9.01. The molecule has 0 saturated carbocycles. The number of hydrogen-bond acceptors (Lipinski definition) is 1. The molecule has 1 aromatic rings. The molecule has 4 heteroatoms. The van der Waals surface area contributed by atoms with Gasteiger partial charge in [-0.3, -0.25) is 0 Å². The number of halogens is 3. The third-order valence-corrected chi connectivity index (χ3v) is 3.98. The first-order valence-corrected chi connectivity index (χ1v) is 6.57. The van der Waals surface area contributed by atoms with Gasteiger partial charge in [0.2, 0.25) is 0 Å². The summed E-state index contributed by atoms with van der Waals surface area (Å²) in [5.74, 6) is 0.806. The summed E-state index contributed by atoms with van der Waals surface area (Å²) in [6, 6.07) is 6.05. The van der Waals surface area contributed by atoms with E-state index in [1.165, 1.54) is 22.9 Å². The Kier molecular flexibility index (Phi) is 6.12. The summed E-state index contributed by atoms with van der Waals surface area (Å²) in [4.78, 5) is 0. The smallest absolute Gasteiger partial charge is 0.0409 e. The lowest BCUT2D eigenvalue weighted by Gasteiger charge is -2.23. The zero-order chi connectivity index (χ0) is 10.7. The van der Waals surface area contributed by atoms with Crippen molar-refractivity contribution in [3.8, 4) is 0 Å². The Hall–Kier alpha value is 0.240. The van der Waals surface area contributed by atoms with E-state index in [2.05, 4.69) is 27.3 Å².